The Morgan fingerprint density at radius 1 is 0.719 bits per heavy atom. The molecule has 1 atom stereocenters. The summed E-state index contributed by atoms with van der Waals surface area (Å²) < 4.78 is 120. The Morgan fingerprint density at radius 3 is 1.47 bits per heavy atom. The Hall–Kier alpha value is -2.67. The van der Waals surface area contributed by atoms with Crippen LogP contribution in [0.4, 0.5) is 39.5 Å². The van der Waals surface area contributed by atoms with Crippen LogP contribution in [0, 0.1) is 0 Å². The van der Waals surface area contributed by atoms with Gasteiger partial charge in [-0.05, 0) is 35.4 Å². The van der Waals surface area contributed by atoms with E-state index in [0.717, 1.165) is 29.2 Å². The number of aliphatic hydroxyl groups excluding tert-OH is 1. The first-order valence-corrected chi connectivity index (χ1v) is 8.77. The minimum absolute atomic E-state index is 0.115. The smallest absolute Gasteiger partial charge is 0.406 e. The van der Waals surface area contributed by atoms with E-state index in [0.29, 0.717) is 0 Å². The van der Waals surface area contributed by atoms with E-state index in [1.807, 2.05) is 0 Å². The Morgan fingerprint density at radius 2 is 1.12 bits per heavy atom. The van der Waals surface area contributed by atoms with Crippen LogP contribution in [0.2, 0.25) is 0 Å². The third-order valence-corrected chi connectivity index (χ3v) is 3.89. The molecule has 2 rings (SSSR count). The van der Waals surface area contributed by atoms with Crippen LogP contribution in [-0.2, 0) is 13.1 Å². The second-order valence-electron chi connectivity index (χ2n) is 6.62. The molecule has 2 aromatic carbocycles. The Kier molecular flexibility index (Phi) is 7.88. The fourth-order valence-corrected chi connectivity index (χ4v) is 2.73. The van der Waals surface area contributed by atoms with E-state index >= 15 is 0 Å². The molecule has 0 aliphatic rings. The Bertz CT molecular complexity index is 820. The molecule has 13 heteroatoms. The maximum Gasteiger partial charge on any atom is 0.573 e. The average molecular weight is 477 g/mol. The number of halogens is 9. The largest absolute Gasteiger partial charge is 0.573 e. The van der Waals surface area contributed by atoms with Crippen molar-refractivity contribution in [2.24, 2.45) is 0 Å². The molecule has 2 aromatic rings. The van der Waals surface area contributed by atoms with E-state index in [1.54, 1.807) is 0 Å². The average Bonchev–Trinajstić information content (AvgIpc) is 2.58. The number of alkyl halides is 9. The molecule has 4 nitrogen and oxygen atoms in total. The number of hydrogen-bond donors (Lipinski definition) is 1. The monoisotopic (exact) mass is 477 g/mol. The fourth-order valence-electron chi connectivity index (χ4n) is 2.73. The lowest BCUT2D eigenvalue weighted by Crippen LogP contribution is -2.40. The van der Waals surface area contributed by atoms with Gasteiger partial charge in [-0.2, -0.15) is 13.2 Å². The minimum Gasteiger partial charge on any atom is -0.406 e. The number of aliphatic hydroxyl groups is 1. The van der Waals surface area contributed by atoms with Crippen molar-refractivity contribution in [2.75, 3.05) is 6.54 Å². The summed E-state index contributed by atoms with van der Waals surface area (Å²) in [6.07, 6.45) is -17.7. The fraction of sp³-hybridized carbons (Fsp3) is 0.368. The highest BCUT2D eigenvalue weighted by molar-refractivity contribution is 5.30. The number of ether oxygens (including phenoxy) is 2. The molecular formula is C19H16F9NO3. The lowest BCUT2D eigenvalue weighted by atomic mass is 10.1. The first-order chi connectivity index (χ1) is 14.6. The molecule has 1 N–H and O–H groups in total. The van der Waals surface area contributed by atoms with Gasteiger partial charge in [-0.3, -0.25) is 4.90 Å². The molecule has 0 aromatic heterocycles. The van der Waals surface area contributed by atoms with Gasteiger partial charge >= 0.3 is 18.9 Å². The van der Waals surface area contributed by atoms with Crippen molar-refractivity contribution in [3.05, 3.63) is 59.7 Å². The molecule has 0 bridgehead atoms. The number of benzene rings is 2. The van der Waals surface area contributed by atoms with Crippen molar-refractivity contribution >= 4 is 0 Å². The zero-order valence-electron chi connectivity index (χ0n) is 15.9. The van der Waals surface area contributed by atoms with E-state index in [9.17, 15) is 44.6 Å². The SMILES string of the molecule is OC(CN(Cc1cccc(OC(F)(F)F)c1)Cc1cccc(OC(F)(F)F)c1)C(F)(F)F. The van der Waals surface area contributed by atoms with Crippen molar-refractivity contribution in [3.63, 3.8) is 0 Å². The molecule has 0 saturated heterocycles. The second kappa shape index (κ2) is 9.86. The van der Waals surface area contributed by atoms with E-state index in [1.165, 1.54) is 24.3 Å². The quantitative estimate of drug-likeness (QED) is 0.517. The van der Waals surface area contributed by atoms with Crippen LogP contribution in [0.15, 0.2) is 48.5 Å². The molecule has 32 heavy (non-hydrogen) atoms. The molecular weight excluding hydrogens is 461 g/mol. The van der Waals surface area contributed by atoms with Gasteiger partial charge < -0.3 is 14.6 Å². The molecule has 0 amide bonds. The summed E-state index contributed by atoms with van der Waals surface area (Å²) in [5, 5.41) is 9.41. The maximum absolute atomic E-state index is 12.8. The van der Waals surface area contributed by atoms with Crippen LogP contribution in [0.3, 0.4) is 0 Å². The molecule has 0 spiro atoms. The molecule has 0 saturated carbocycles. The van der Waals surface area contributed by atoms with Crippen LogP contribution in [-0.4, -0.2) is 41.6 Å². The predicted octanol–water partition coefficient (Wildman–Crippen LogP) is 5.41. The van der Waals surface area contributed by atoms with Gasteiger partial charge in [-0.25, -0.2) is 0 Å². The van der Waals surface area contributed by atoms with Crippen molar-refractivity contribution in [1.82, 2.24) is 4.90 Å². The number of rotatable bonds is 8. The predicted molar refractivity (Wildman–Crippen MR) is 92.4 cm³/mol. The molecule has 178 valence electrons. The van der Waals surface area contributed by atoms with Gasteiger partial charge in [0.25, 0.3) is 0 Å². The van der Waals surface area contributed by atoms with E-state index in [4.69, 9.17) is 0 Å². The first kappa shape index (κ1) is 25.6. The molecule has 0 fully saturated rings. The highest BCUT2D eigenvalue weighted by Gasteiger charge is 2.39. The normalized spacial score (nSPS) is 13.8. The van der Waals surface area contributed by atoms with Crippen molar-refractivity contribution < 1.29 is 54.1 Å². The minimum atomic E-state index is -4.99. The van der Waals surface area contributed by atoms with Crippen LogP contribution in [0.5, 0.6) is 11.5 Å². The van der Waals surface area contributed by atoms with Crippen molar-refractivity contribution in [3.8, 4) is 11.5 Å². The molecule has 0 aliphatic carbocycles. The summed E-state index contributed by atoms with van der Waals surface area (Å²) in [5.74, 6) is -1.21. The summed E-state index contributed by atoms with van der Waals surface area (Å²) in [6, 6.07) is 8.89. The summed E-state index contributed by atoms with van der Waals surface area (Å²) in [5.41, 5.74) is 0.229. The van der Waals surface area contributed by atoms with E-state index in [-0.39, 0.29) is 24.2 Å². The molecule has 1 unspecified atom stereocenters. The third-order valence-electron chi connectivity index (χ3n) is 3.89. The van der Waals surface area contributed by atoms with Crippen molar-refractivity contribution in [2.45, 2.75) is 38.1 Å². The summed E-state index contributed by atoms with van der Waals surface area (Å²) in [7, 11) is 0. The standard InChI is InChI=1S/C19H16F9NO3/c20-17(21,22)16(30)11-29(9-12-3-1-5-14(7-12)31-18(23,24)25)10-13-4-2-6-15(8-13)32-19(26,27)28/h1-8,16,30H,9-11H2. The Labute approximate surface area is 175 Å². The van der Waals surface area contributed by atoms with Crippen LogP contribution >= 0.6 is 0 Å². The van der Waals surface area contributed by atoms with Crippen LogP contribution in [0.25, 0.3) is 0 Å². The number of nitrogens with zero attached hydrogens (tertiary/aromatic N) is 1. The summed E-state index contributed by atoms with van der Waals surface area (Å²) in [4.78, 5) is 1.01. The van der Waals surface area contributed by atoms with Crippen LogP contribution < -0.4 is 9.47 Å². The van der Waals surface area contributed by atoms with E-state index in [2.05, 4.69) is 9.47 Å². The first-order valence-electron chi connectivity index (χ1n) is 8.77. The summed E-state index contributed by atoms with van der Waals surface area (Å²) in [6.45, 7) is -1.72. The highest BCUT2D eigenvalue weighted by atomic mass is 19.4. The van der Waals surface area contributed by atoms with Gasteiger partial charge in [-0.1, -0.05) is 24.3 Å². The van der Waals surface area contributed by atoms with Gasteiger partial charge in [0.1, 0.15) is 11.5 Å². The topological polar surface area (TPSA) is 41.9 Å². The van der Waals surface area contributed by atoms with Crippen molar-refractivity contribution in [1.29, 1.82) is 0 Å². The maximum atomic E-state index is 12.8. The van der Waals surface area contributed by atoms with Gasteiger partial charge in [-0.15, -0.1) is 26.3 Å². The molecule has 0 heterocycles. The zero-order chi connectivity index (χ0) is 24.2. The van der Waals surface area contributed by atoms with Gasteiger partial charge in [0.05, 0.1) is 0 Å². The van der Waals surface area contributed by atoms with E-state index < -0.39 is 43.0 Å². The highest BCUT2D eigenvalue weighted by Crippen LogP contribution is 2.27. The lowest BCUT2D eigenvalue weighted by Gasteiger charge is -2.26. The van der Waals surface area contributed by atoms with Gasteiger partial charge in [0, 0.05) is 19.6 Å². The Balaban J connectivity index is 2.24. The van der Waals surface area contributed by atoms with Crippen LogP contribution in [0.1, 0.15) is 11.1 Å². The summed E-state index contributed by atoms with van der Waals surface area (Å²) >= 11 is 0. The molecule has 0 radical (unpaired) electrons. The van der Waals surface area contributed by atoms with Gasteiger partial charge in [0.15, 0.2) is 6.10 Å². The number of hydrogen-bond acceptors (Lipinski definition) is 4. The van der Waals surface area contributed by atoms with Gasteiger partial charge in [0.2, 0.25) is 0 Å². The molecule has 0 aliphatic heterocycles. The third kappa shape index (κ3) is 9.22. The second-order valence-corrected chi connectivity index (χ2v) is 6.62. The lowest BCUT2D eigenvalue weighted by molar-refractivity contribution is -0.275. The zero-order valence-corrected chi connectivity index (χ0v) is 15.9.